The van der Waals surface area contributed by atoms with Crippen LogP contribution in [0.2, 0.25) is 0 Å². The summed E-state index contributed by atoms with van der Waals surface area (Å²) >= 11 is 0. The van der Waals surface area contributed by atoms with Gasteiger partial charge in [0.15, 0.2) is 12.4 Å². The maximum atomic E-state index is 12.4. The molecule has 3 rings (SSSR count). The van der Waals surface area contributed by atoms with Gasteiger partial charge in [-0.2, -0.15) is 10.1 Å². The lowest BCUT2D eigenvalue weighted by Crippen LogP contribution is -2.17. The van der Waals surface area contributed by atoms with E-state index in [1.54, 1.807) is 41.9 Å². The van der Waals surface area contributed by atoms with Gasteiger partial charge in [0.2, 0.25) is 0 Å². The molecule has 0 unspecified atom stereocenters. The first kappa shape index (κ1) is 16.7. The number of carbonyl (C=O) groups excluding carboxylic acids is 1. The van der Waals surface area contributed by atoms with Crippen LogP contribution in [0.5, 0.6) is 5.75 Å². The van der Waals surface area contributed by atoms with Crippen LogP contribution in [-0.2, 0) is 13.2 Å². The highest BCUT2D eigenvalue weighted by atomic mass is 16.5. The van der Waals surface area contributed by atoms with Gasteiger partial charge in [0.05, 0.1) is 5.69 Å². The van der Waals surface area contributed by atoms with E-state index in [4.69, 9.17) is 9.26 Å². The van der Waals surface area contributed by atoms with E-state index in [1.165, 1.54) is 0 Å². The summed E-state index contributed by atoms with van der Waals surface area (Å²) in [6.45, 7) is 6.39. The summed E-state index contributed by atoms with van der Waals surface area (Å²) < 4.78 is 12.2. The fourth-order valence-corrected chi connectivity index (χ4v) is 2.34. The zero-order chi connectivity index (χ0) is 17.8. The Morgan fingerprint density at radius 2 is 2.04 bits per heavy atom. The van der Waals surface area contributed by atoms with Crippen LogP contribution in [0.4, 0.5) is 5.69 Å². The van der Waals surface area contributed by atoms with Gasteiger partial charge in [-0.3, -0.25) is 9.48 Å². The normalized spacial score (nSPS) is 10.7. The van der Waals surface area contributed by atoms with Gasteiger partial charge in [-0.1, -0.05) is 5.16 Å². The van der Waals surface area contributed by atoms with E-state index < -0.39 is 0 Å². The third kappa shape index (κ3) is 4.03. The van der Waals surface area contributed by atoms with E-state index in [0.29, 0.717) is 35.4 Å². The largest absolute Gasteiger partial charge is 0.484 e. The monoisotopic (exact) mass is 341 g/mol. The fraction of sp³-hybridized carbons (Fsp3) is 0.294. The van der Waals surface area contributed by atoms with Crippen molar-refractivity contribution >= 4 is 11.6 Å². The number of nitrogens with zero attached hydrogens (tertiary/aromatic N) is 4. The number of anilines is 1. The second kappa shape index (κ2) is 7.16. The number of hydrogen-bond donors (Lipinski definition) is 1. The van der Waals surface area contributed by atoms with Crippen molar-refractivity contribution < 1.29 is 14.1 Å². The Hall–Kier alpha value is -3.16. The Balaban J connectivity index is 1.61. The van der Waals surface area contributed by atoms with Crippen molar-refractivity contribution in [3.8, 4) is 5.75 Å². The number of aryl methyl sites for hydroxylation is 3. The van der Waals surface area contributed by atoms with Gasteiger partial charge in [-0.05, 0) is 51.1 Å². The number of aromatic nitrogens is 4. The van der Waals surface area contributed by atoms with Gasteiger partial charge in [0, 0.05) is 12.2 Å². The average Bonchev–Trinajstić information content (AvgIpc) is 3.19. The summed E-state index contributed by atoms with van der Waals surface area (Å²) in [6, 6.07) is 8.84. The van der Waals surface area contributed by atoms with E-state index in [0.717, 1.165) is 5.69 Å². The van der Waals surface area contributed by atoms with E-state index in [2.05, 4.69) is 20.6 Å². The predicted octanol–water partition coefficient (Wildman–Crippen LogP) is 2.73. The van der Waals surface area contributed by atoms with Crippen LogP contribution in [0.3, 0.4) is 0 Å². The molecule has 0 atom stereocenters. The SMILES string of the molecule is CCn1nc(C)cc1C(=O)Nc1ccc(OCc2nc(C)no2)cc1. The summed E-state index contributed by atoms with van der Waals surface area (Å²) in [5, 5.41) is 10.8. The van der Waals surface area contributed by atoms with Crippen molar-refractivity contribution in [3.63, 3.8) is 0 Å². The topological polar surface area (TPSA) is 95.1 Å². The third-order valence-electron chi connectivity index (χ3n) is 3.48. The minimum atomic E-state index is -0.197. The highest BCUT2D eigenvalue weighted by Gasteiger charge is 2.13. The van der Waals surface area contributed by atoms with Crippen LogP contribution in [0.1, 0.15) is 34.8 Å². The molecule has 8 nitrogen and oxygen atoms in total. The number of ether oxygens (including phenoxy) is 1. The van der Waals surface area contributed by atoms with Gasteiger partial charge in [0.1, 0.15) is 11.4 Å². The molecule has 0 saturated heterocycles. The van der Waals surface area contributed by atoms with Gasteiger partial charge < -0.3 is 14.6 Å². The lowest BCUT2D eigenvalue weighted by molar-refractivity contribution is 0.101. The number of rotatable bonds is 6. The minimum absolute atomic E-state index is 0.196. The zero-order valence-electron chi connectivity index (χ0n) is 14.3. The highest BCUT2D eigenvalue weighted by molar-refractivity contribution is 6.03. The number of benzene rings is 1. The molecule has 0 aliphatic heterocycles. The molecule has 0 spiro atoms. The van der Waals surface area contributed by atoms with E-state index in [-0.39, 0.29) is 12.5 Å². The molecule has 1 aromatic carbocycles. The quantitative estimate of drug-likeness (QED) is 0.741. The Bertz CT molecular complexity index is 867. The second-order valence-corrected chi connectivity index (χ2v) is 5.49. The summed E-state index contributed by atoms with van der Waals surface area (Å²) in [7, 11) is 0. The highest BCUT2D eigenvalue weighted by Crippen LogP contribution is 2.18. The first-order valence-corrected chi connectivity index (χ1v) is 7.93. The summed E-state index contributed by atoms with van der Waals surface area (Å²) in [5.74, 6) is 1.43. The van der Waals surface area contributed by atoms with Crippen LogP contribution in [0, 0.1) is 13.8 Å². The lowest BCUT2D eigenvalue weighted by atomic mass is 10.3. The molecule has 0 radical (unpaired) electrons. The molecule has 0 fully saturated rings. The molecule has 2 aromatic heterocycles. The summed E-state index contributed by atoms with van der Waals surface area (Å²) in [6.07, 6.45) is 0. The Morgan fingerprint density at radius 1 is 1.28 bits per heavy atom. The lowest BCUT2D eigenvalue weighted by Gasteiger charge is -2.08. The van der Waals surface area contributed by atoms with E-state index in [9.17, 15) is 4.79 Å². The maximum Gasteiger partial charge on any atom is 0.273 e. The molecular formula is C17H19N5O3. The first-order chi connectivity index (χ1) is 12.0. The van der Waals surface area contributed by atoms with E-state index in [1.807, 2.05) is 13.8 Å². The van der Waals surface area contributed by atoms with Crippen LogP contribution < -0.4 is 10.1 Å². The molecule has 3 aromatic rings. The molecule has 0 aliphatic carbocycles. The first-order valence-electron chi connectivity index (χ1n) is 7.93. The standard InChI is InChI=1S/C17H19N5O3/c1-4-22-15(9-11(2)20-22)17(23)19-13-5-7-14(8-6-13)24-10-16-18-12(3)21-25-16/h5-9H,4,10H2,1-3H3,(H,19,23). The molecule has 1 amide bonds. The van der Waals surface area contributed by atoms with Crippen molar-refractivity contribution in [2.45, 2.75) is 33.9 Å². The van der Waals surface area contributed by atoms with Crippen LogP contribution >= 0.6 is 0 Å². The van der Waals surface area contributed by atoms with Crippen LogP contribution in [0.25, 0.3) is 0 Å². The molecule has 1 N–H and O–H groups in total. The molecule has 2 heterocycles. The van der Waals surface area contributed by atoms with Gasteiger partial charge in [-0.15, -0.1) is 0 Å². The van der Waals surface area contributed by atoms with Crippen molar-refractivity contribution in [1.29, 1.82) is 0 Å². The van der Waals surface area contributed by atoms with Crippen molar-refractivity contribution in [2.75, 3.05) is 5.32 Å². The molecular weight excluding hydrogens is 322 g/mol. The van der Waals surface area contributed by atoms with Crippen molar-refractivity contribution in [3.05, 3.63) is 53.4 Å². The maximum absolute atomic E-state index is 12.4. The fourth-order valence-electron chi connectivity index (χ4n) is 2.34. The smallest absolute Gasteiger partial charge is 0.273 e. The number of carbonyl (C=O) groups is 1. The van der Waals surface area contributed by atoms with Gasteiger partial charge in [-0.25, -0.2) is 0 Å². The van der Waals surface area contributed by atoms with Gasteiger partial charge in [0.25, 0.3) is 11.8 Å². The molecule has 8 heteroatoms. The second-order valence-electron chi connectivity index (χ2n) is 5.49. The van der Waals surface area contributed by atoms with Crippen LogP contribution in [-0.4, -0.2) is 25.8 Å². The predicted molar refractivity (Wildman–Crippen MR) is 90.4 cm³/mol. The molecule has 0 saturated carbocycles. The van der Waals surface area contributed by atoms with Crippen molar-refractivity contribution in [2.24, 2.45) is 0 Å². The zero-order valence-corrected chi connectivity index (χ0v) is 14.3. The van der Waals surface area contributed by atoms with Gasteiger partial charge >= 0.3 is 0 Å². The molecule has 25 heavy (non-hydrogen) atoms. The molecule has 0 aliphatic rings. The van der Waals surface area contributed by atoms with E-state index >= 15 is 0 Å². The number of hydrogen-bond acceptors (Lipinski definition) is 6. The Morgan fingerprint density at radius 3 is 2.68 bits per heavy atom. The van der Waals surface area contributed by atoms with Crippen LogP contribution in [0.15, 0.2) is 34.9 Å². The Kier molecular flexibility index (Phi) is 4.78. The molecule has 0 bridgehead atoms. The third-order valence-corrected chi connectivity index (χ3v) is 3.48. The summed E-state index contributed by atoms with van der Waals surface area (Å²) in [5.41, 5.74) is 2.02. The number of nitrogens with one attached hydrogen (secondary N) is 1. The molecule has 130 valence electrons. The van der Waals surface area contributed by atoms with Crippen molar-refractivity contribution in [1.82, 2.24) is 19.9 Å². The summed E-state index contributed by atoms with van der Waals surface area (Å²) in [4.78, 5) is 16.4. The Labute approximate surface area is 144 Å². The average molecular weight is 341 g/mol. The minimum Gasteiger partial charge on any atom is -0.484 e. The number of amides is 1.